The van der Waals surface area contributed by atoms with E-state index in [1.807, 2.05) is 0 Å². The summed E-state index contributed by atoms with van der Waals surface area (Å²) in [6.45, 7) is 3.51. The van der Waals surface area contributed by atoms with Crippen LogP contribution >= 0.6 is 11.6 Å². The highest BCUT2D eigenvalue weighted by Gasteiger charge is 2.16. The third-order valence-corrected chi connectivity index (χ3v) is 5.37. The Hall–Kier alpha value is -2.31. The maximum Gasteiger partial charge on any atom is 0.261 e. The number of nitrogens with zero attached hydrogens (tertiary/aromatic N) is 1. The van der Waals surface area contributed by atoms with Crippen LogP contribution in [0.5, 0.6) is 0 Å². The summed E-state index contributed by atoms with van der Waals surface area (Å²) in [5.41, 5.74) is 1.89. The molecule has 24 heavy (non-hydrogen) atoms. The Morgan fingerprint density at radius 3 is 2.42 bits per heavy atom. The molecule has 0 amide bonds. The summed E-state index contributed by atoms with van der Waals surface area (Å²) in [4.78, 5) is 4.18. The molecule has 0 saturated heterocycles. The fourth-order valence-electron chi connectivity index (χ4n) is 2.21. The molecular weight excluding hydrogens is 348 g/mol. The van der Waals surface area contributed by atoms with E-state index in [9.17, 15) is 8.42 Å². The Bertz CT molecular complexity index is 979. The third-order valence-electron chi connectivity index (χ3n) is 3.58. The molecule has 0 saturated carbocycles. The van der Waals surface area contributed by atoms with Crippen LogP contribution in [0.3, 0.4) is 0 Å². The van der Waals surface area contributed by atoms with Crippen molar-refractivity contribution in [1.29, 1.82) is 0 Å². The molecule has 0 spiro atoms. The predicted molar refractivity (Wildman–Crippen MR) is 93.7 cm³/mol. The van der Waals surface area contributed by atoms with Gasteiger partial charge in [0, 0.05) is 17.5 Å². The first-order valence-electron chi connectivity index (χ1n) is 7.17. The van der Waals surface area contributed by atoms with Crippen LogP contribution in [0.4, 0.5) is 5.69 Å². The van der Waals surface area contributed by atoms with E-state index >= 15 is 0 Å². The number of halogens is 1. The van der Waals surface area contributed by atoms with E-state index in [-0.39, 0.29) is 4.90 Å². The number of sulfonamides is 1. The van der Waals surface area contributed by atoms with Gasteiger partial charge in [0.25, 0.3) is 10.0 Å². The van der Waals surface area contributed by atoms with Crippen LogP contribution in [0.15, 0.2) is 58.0 Å². The Morgan fingerprint density at radius 2 is 1.79 bits per heavy atom. The lowest BCUT2D eigenvalue weighted by atomic mass is 10.2. The second-order valence-corrected chi connectivity index (χ2v) is 7.38. The summed E-state index contributed by atoms with van der Waals surface area (Å²) in [5, 5.41) is 0.506. The van der Waals surface area contributed by atoms with Gasteiger partial charge in [0.1, 0.15) is 0 Å². The molecule has 0 aliphatic rings. The second kappa shape index (κ2) is 6.30. The zero-order valence-corrected chi connectivity index (χ0v) is 14.6. The molecule has 0 aliphatic heterocycles. The van der Waals surface area contributed by atoms with Crippen LogP contribution in [0.25, 0.3) is 11.3 Å². The number of hydrogen-bond acceptors (Lipinski definition) is 4. The van der Waals surface area contributed by atoms with Crippen molar-refractivity contribution >= 4 is 27.3 Å². The summed E-state index contributed by atoms with van der Waals surface area (Å²) < 4.78 is 33.0. The molecule has 0 radical (unpaired) electrons. The Labute approximate surface area is 145 Å². The normalized spacial score (nSPS) is 11.5. The smallest absolute Gasteiger partial charge is 0.261 e. The first-order chi connectivity index (χ1) is 11.4. The largest absolute Gasteiger partial charge is 0.441 e. The van der Waals surface area contributed by atoms with E-state index in [4.69, 9.17) is 16.0 Å². The van der Waals surface area contributed by atoms with Gasteiger partial charge < -0.3 is 4.42 Å². The molecule has 0 aliphatic carbocycles. The lowest BCUT2D eigenvalue weighted by molar-refractivity contribution is 0.534. The van der Waals surface area contributed by atoms with E-state index in [0.29, 0.717) is 27.9 Å². The van der Waals surface area contributed by atoms with Gasteiger partial charge in [0.05, 0.1) is 16.8 Å². The summed E-state index contributed by atoms with van der Waals surface area (Å²) in [7, 11) is -3.70. The van der Waals surface area contributed by atoms with Crippen molar-refractivity contribution in [2.24, 2.45) is 0 Å². The minimum absolute atomic E-state index is 0.155. The zero-order valence-electron chi connectivity index (χ0n) is 13.1. The lowest BCUT2D eigenvalue weighted by Crippen LogP contribution is -2.13. The van der Waals surface area contributed by atoms with Crippen molar-refractivity contribution in [2.75, 3.05) is 4.72 Å². The average Bonchev–Trinajstić information content (AvgIpc) is 2.98. The Balaban J connectivity index is 1.88. The summed E-state index contributed by atoms with van der Waals surface area (Å²) in [6, 6.07) is 11.5. The number of aryl methyl sites for hydroxylation is 1. The van der Waals surface area contributed by atoms with E-state index < -0.39 is 10.0 Å². The molecule has 1 heterocycles. The van der Waals surface area contributed by atoms with Gasteiger partial charge in [-0.25, -0.2) is 13.4 Å². The number of aromatic nitrogens is 1. The third kappa shape index (κ3) is 3.29. The SMILES string of the molecule is Cc1ncc(-c2ccc(S(=O)(=O)Nc3cccc(Cl)c3C)cc2)o1. The minimum Gasteiger partial charge on any atom is -0.441 e. The number of nitrogens with one attached hydrogen (secondary N) is 1. The van der Waals surface area contributed by atoms with Crippen molar-refractivity contribution in [3.05, 3.63) is 65.1 Å². The van der Waals surface area contributed by atoms with Crippen molar-refractivity contribution in [3.8, 4) is 11.3 Å². The van der Waals surface area contributed by atoms with Crippen LogP contribution in [-0.2, 0) is 10.0 Å². The fraction of sp³-hybridized carbons (Fsp3) is 0.118. The number of anilines is 1. The van der Waals surface area contributed by atoms with Gasteiger partial charge in [-0.3, -0.25) is 4.72 Å². The number of rotatable bonds is 4. The molecule has 0 fully saturated rings. The number of oxazole rings is 1. The highest BCUT2D eigenvalue weighted by molar-refractivity contribution is 7.92. The first-order valence-corrected chi connectivity index (χ1v) is 9.04. The van der Waals surface area contributed by atoms with E-state index in [1.165, 1.54) is 12.1 Å². The van der Waals surface area contributed by atoms with E-state index in [1.54, 1.807) is 50.4 Å². The van der Waals surface area contributed by atoms with Crippen molar-refractivity contribution in [1.82, 2.24) is 4.98 Å². The molecule has 1 aromatic heterocycles. The molecule has 124 valence electrons. The first kappa shape index (κ1) is 16.5. The molecule has 3 rings (SSSR count). The van der Waals surface area contributed by atoms with Gasteiger partial charge in [-0.2, -0.15) is 0 Å². The van der Waals surface area contributed by atoms with Crippen LogP contribution in [0.2, 0.25) is 5.02 Å². The number of hydrogen-bond donors (Lipinski definition) is 1. The number of benzene rings is 2. The van der Waals surface area contributed by atoms with Gasteiger partial charge in [-0.05, 0) is 48.9 Å². The molecule has 3 aromatic rings. The molecule has 0 atom stereocenters. The molecule has 0 unspecified atom stereocenters. The van der Waals surface area contributed by atoms with E-state index in [2.05, 4.69) is 9.71 Å². The van der Waals surface area contributed by atoms with E-state index in [0.717, 1.165) is 5.56 Å². The highest BCUT2D eigenvalue weighted by atomic mass is 35.5. The van der Waals surface area contributed by atoms with Crippen molar-refractivity contribution in [3.63, 3.8) is 0 Å². The molecule has 5 nitrogen and oxygen atoms in total. The van der Waals surface area contributed by atoms with Crippen LogP contribution in [0.1, 0.15) is 11.5 Å². The molecule has 1 N–H and O–H groups in total. The highest BCUT2D eigenvalue weighted by Crippen LogP contribution is 2.27. The molecular formula is C17H15ClN2O3S. The zero-order chi connectivity index (χ0) is 17.3. The van der Waals surface area contributed by atoms with Crippen molar-refractivity contribution in [2.45, 2.75) is 18.7 Å². The summed E-state index contributed by atoms with van der Waals surface area (Å²) in [6.07, 6.45) is 1.60. The monoisotopic (exact) mass is 362 g/mol. The van der Waals surface area contributed by atoms with Gasteiger partial charge in [0.15, 0.2) is 11.7 Å². The maximum atomic E-state index is 12.5. The topological polar surface area (TPSA) is 72.2 Å². The molecule has 7 heteroatoms. The van der Waals surface area contributed by atoms with Crippen LogP contribution in [-0.4, -0.2) is 13.4 Å². The second-order valence-electron chi connectivity index (χ2n) is 5.29. The van der Waals surface area contributed by atoms with Gasteiger partial charge >= 0.3 is 0 Å². The molecule has 2 aromatic carbocycles. The fourth-order valence-corrected chi connectivity index (χ4v) is 3.51. The standard InChI is InChI=1S/C17H15ClN2O3S/c1-11-15(18)4-3-5-16(11)20-24(21,22)14-8-6-13(7-9-14)17-10-19-12(2)23-17/h3-10,20H,1-2H3. The predicted octanol–water partition coefficient (Wildman–Crippen LogP) is 4.41. The Morgan fingerprint density at radius 1 is 1.08 bits per heavy atom. The quantitative estimate of drug-likeness (QED) is 0.746. The summed E-state index contributed by atoms with van der Waals surface area (Å²) in [5.74, 6) is 1.15. The molecule has 0 bridgehead atoms. The lowest BCUT2D eigenvalue weighted by Gasteiger charge is -2.11. The van der Waals surface area contributed by atoms with Gasteiger partial charge in [0.2, 0.25) is 0 Å². The minimum atomic E-state index is -3.70. The Kier molecular flexibility index (Phi) is 4.34. The van der Waals surface area contributed by atoms with Gasteiger partial charge in [-0.15, -0.1) is 0 Å². The maximum absolute atomic E-state index is 12.5. The van der Waals surface area contributed by atoms with Gasteiger partial charge in [-0.1, -0.05) is 17.7 Å². The van der Waals surface area contributed by atoms with Crippen LogP contribution in [0, 0.1) is 13.8 Å². The van der Waals surface area contributed by atoms with Crippen LogP contribution < -0.4 is 4.72 Å². The average molecular weight is 363 g/mol. The van der Waals surface area contributed by atoms with Crippen molar-refractivity contribution < 1.29 is 12.8 Å². The summed E-state index contributed by atoms with van der Waals surface area (Å²) >= 11 is 6.03.